The van der Waals surface area contributed by atoms with Gasteiger partial charge in [-0.1, -0.05) is 13.8 Å². The van der Waals surface area contributed by atoms with Crippen molar-refractivity contribution in [2.45, 2.75) is 52.6 Å². The van der Waals surface area contributed by atoms with Crippen LogP contribution >= 0.6 is 0 Å². The zero-order valence-electron chi connectivity index (χ0n) is 12.6. The minimum atomic E-state index is -0.727. The van der Waals surface area contributed by atoms with Crippen LogP contribution in [0.15, 0.2) is 18.5 Å². The molecule has 0 bridgehead atoms. The number of aryl methyl sites for hydroxylation is 1. The molecule has 0 saturated heterocycles. The summed E-state index contributed by atoms with van der Waals surface area (Å²) in [5.74, 6) is 1.34. The molecule has 1 aromatic heterocycles. The summed E-state index contributed by atoms with van der Waals surface area (Å²) in [6.07, 6.45) is 6.31. The van der Waals surface area contributed by atoms with Gasteiger partial charge in [-0.15, -0.1) is 0 Å². The molecule has 0 amide bonds. The van der Waals surface area contributed by atoms with E-state index < -0.39 is 11.5 Å². The van der Waals surface area contributed by atoms with E-state index in [4.69, 9.17) is 0 Å². The van der Waals surface area contributed by atoms with Crippen LogP contribution in [0, 0.1) is 35.5 Å². The van der Waals surface area contributed by atoms with Crippen LogP contribution in [0.4, 0.5) is 0 Å². The second-order valence-corrected chi connectivity index (χ2v) is 6.48. The van der Waals surface area contributed by atoms with E-state index in [1.54, 1.807) is 12.4 Å². The van der Waals surface area contributed by atoms with E-state index in [0.29, 0.717) is 11.8 Å². The molecule has 1 fully saturated rings. The van der Waals surface area contributed by atoms with Gasteiger partial charge in [0, 0.05) is 18.0 Å². The average Bonchev–Trinajstić information content (AvgIpc) is 2.47. The predicted molar refractivity (Wildman–Crippen MR) is 78.8 cm³/mol. The Morgan fingerprint density at radius 2 is 2.05 bits per heavy atom. The maximum absolute atomic E-state index is 10.7. The first-order valence-electron chi connectivity index (χ1n) is 7.50. The van der Waals surface area contributed by atoms with Gasteiger partial charge in [-0.2, -0.15) is 5.26 Å². The van der Waals surface area contributed by atoms with Crippen LogP contribution in [0.3, 0.4) is 0 Å². The van der Waals surface area contributed by atoms with E-state index in [0.717, 1.165) is 36.8 Å². The number of aliphatic hydroxyl groups is 1. The number of pyridine rings is 1. The quantitative estimate of drug-likeness (QED) is 0.911. The van der Waals surface area contributed by atoms with E-state index in [9.17, 15) is 10.4 Å². The lowest BCUT2D eigenvalue weighted by Gasteiger charge is -2.39. The molecular weight excluding hydrogens is 248 g/mol. The van der Waals surface area contributed by atoms with E-state index >= 15 is 0 Å². The molecule has 1 unspecified atom stereocenters. The van der Waals surface area contributed by atoms with E-state index in [-0.39, 0.29) is 0 Å². The average molecular weight is 272 g/mol. The van der Waals surface area contributed by atoms with Crippen molar-refractivity contribution in [1.82, 2.24) is 4.98 Å². The second kappa shape index (κ2) is 5.93. The van der Waals surface area contributed by atoms with Gasteiger partial charge in [0.15, 0.2) is 0 Å². The van der Waals surface area contributed by atoms with Crippen LogP contribution in [-0.2, 0) is 0 Å². The summed E-state index contributed by atoms with van der Waals surface area (Å²) in [5.41, 5.74) is 1.17. The van der Waals surface area contributed by atoms with E-state index in [1.807, 2.05) is 13.0 Å². The largest absolute Gasteiger partial charge is 0.387 e. The summed E-state index contributed by atoms with van der Waals surface area (Å²) in [7, 11) is 0. The molecule has 20 heavy (non-hydrogen) atoms. The third-order valence-electron chi connectivity index (χ3n) is 4.99. The van der Waals surface area contributed by atoms with Gasteiger partial charge in [-0.05, 0) is 56.1 Å². The van der Waals surface area contributed by atoms with Gasteiger partial charge in [0.05, 0.1) is 17.6 Å². The molecule has 1 heterocycles. The van der Waals surface area contributed by atoms with Crippen molar-refractivity contribution in [3.8, 4) is 6.07 Å². The van der Waals surface area contributed by atoms with Crippen molar-refractivity contribution < 1.29 is 5.11 Å². The predicted octanol–water partition coefficient (Wildman–Crippen LogP) is 3.78. The third-order valence-corrected chi connectivity index (χ3v) is 4.99. The van der Waals surface area contributed by atoms with Crippen LogP contribution in [0.25, 0.3) is 0 Å². The highest BCUT2D eigenvalue weighted by Crippen LogP contribution is 2.48. The number of nitriles is 1. The summed E-state index contributed by atoms with van der Waals surface area (Å²) in [4.78, 5) is 4.10. The van der Waals surface area contributed by atoms with Crippen LogP contribution in [0.5, 0.6) is 0 Å². The summed E-state index contributed by atoms with van der Waals surface area (Å²) in [6, 6.07) is 4.32. The molecule has 1 atom stereocenters. The first-order chi connectivity index (χ1) is 9.50. The molecule has 1 aromatic rings. The summed E-state index contributed by atoms with van der Waals surface area (Å²) in [5, 5.41) is 20.4. The molecule has 1 aliphatic rings. The fourth-order valence-electron chi connectivity index (χ4n) is 3.33. The van der Waals surface area contributed by atoms with Gasteiger partial charge in [0.1, 0.15) is 0 Å². The Morgan fingerprint density at radius 3 is 2.55 bits per heavy atom. The normalized spacial score (nSPS) is 28.1. The van der Waals surface area contributed by atoms with Crippen LogP contribution in [-0.4, -0.2) is 10.1 Å². The number of aliphatic hydroxyl groups excluding tert-OH is 1. The molecule has 1 N–H and O–H groups in total. The van der Waals surface area contributed by atoms with E-state index in [2.05, 4.69) is 24.9 Å². The topological polar surface area (TPSA) is 56.9 Å². The molecule has 0 spiro atoms. The molecule has 108 valence electrons. The summed E-state index contributed by atoms with van der Waals surface area (Å²) in [6.45, 7) is 6.45. The van der Waals surface area contributed by atoms with Crippen molar-refractivity contribution >= 4 is 0 Å². The number of hydrogen-bond acceptors (Lipinski definition) is 3. The van der Waals surface area contributed by atoms with Crippen molar-refractivity contribution in [2.75, 3.05) is 0 Å². The highest BCUT2D eigenvalue weighted by Gasteiger charge is 2.43. The van der Waals surface area contributed by atoms with E-state index in [1.165, 1.54) is 0 Å². The monoisotopic (exact) mass is 272 g/mol. The Kier molecular flexibility index (Phi) is 4.45. The van der Waals surface area contributed by atoms with Crippen LogP contribution in [0.1, 0.15) is 56.8 Å². The standard InChI is InChI=1S/C17H24N2O/c1-12(2)14-4-7-17(11-18,8-5-14)16(20)15-10-19-9-6-13(15)3/h6,9-10,12,14,16,20H,4-5,7-8H2,1-3H3. The maximum Gasteiger partial charge on any atom is 0.0993 e. The molecule has 1 aliphatic carbocycles. The highest BCUT2D eigenvalue weighted by atomic mass is 16.3. The fourth-order valence-corrected chi connectivity index (χ4v) is 3.33. The van der Waals surface area contributed by atoms with Gasteiger partial charge < -0.3 is 5.11 Å². The second-order valence-electron chi connectivity index (χ2n) is 6.48. The number of aromatic nitrogens is 1. The highest BCUT2D eigenvalue weighted by molar-refractivity contribution is 5.28. The Bertz CT molecular complexity index is 496. The van der Waals surface area contributed by atoms with Crippen molar-refractivity contribution in [2.24, 2.45) is 17.3 Å². The van der Waals surface area contributed by atoms with Crippen molar-refractivity contribution in [3.63, 3.8) is 0 Å². The minimum Gasteiger partial charge on any atom is -0.387 e. The Morgan fingerprint density at radius 1 is 1.40 bits per heavy atom. The smallest absolute Gasteiger partial charge is 0.0993 e. The molecule has 3 heteroatoms. The SMILES string of the molecule is Cc1ccncc1C(O)C1(C#N)CCC(C(C)C)CC1. The first kappa shape index (κ1) is 15.0. The zero-order valence-corrected chi connectivity index (χ0v) is 12.6. The Balaban J connectivity index is 2.21. The van der Waals surface area contributed by atoms with Gasteiger partial charge in [0.25, 0.3) is 0 Å². The molecule has 0 aromatic carbocycles. The molecule has 0 aliphatic heterocycles. The summed E-state index contributed by atoms with van der Waals surface area (Å²) < 4.78 is 0. The number of hydrogen-bond donors (Lipinski definition) is 1. The zero-order chi connectivity index (χ0) is 14.8. The van der Waals surface area contributed by atoms with Crippen LogP contribution in [0.2, 0.25) is 0 Å². The first-order valence-corrected chi connectivity index (χ1v) is 7.50. The minimum absolute atomic E-state index is 0.640. The molecule has 0 radical (unpaired) electrons. The van der Waals surface area contributed by atoms with Gasteiger partial charge in [-0.3, -0.25) is 4.98 Å². The third kappa shape index (κ3) is 2.71. The lowest BCUT2D eigenvalue weighted by atomic mass is 9.65. The van der Waals surface area contributed by atoms with Gasteiger partial charge in [-0.25, -0.2) is 0 Å². The molecule has 3 nitrogen and oxygen atoms in total. The maximum atomic E-state index is 10.7. The molecule has 1 saturated carbocycles. The lowest BCUT2D eigenvalue weighted by Crippen LogP contribution is -2.34. The van der Waals surface area contributed by atoms with Crippen LogP contribution < -0.4 is 0 Å². The lowest BCUT2D eigenvalue weighted by molar-refractivity contribution is 0.0184. The van der Waals surface area contributed by atoms with Gasteiger partial charge in [0.2, 0.25) is 0 Å². The molecular formula is C17H24N2O. The fraction of sp³-hybridized carbons (Fsp3) is 0.647. The Hall–Kier alpha value is -1.40. The van der Waals surface area contributed by atoms with Crippen molar-refractivity contribution in [3.05, 3.63) is 29.6 Å². The summed E-state index contributed by atoms with van der Waals surface area (Å²) >= 11 is 0. The van der Waals surface area contributed by atoms with Gasteiger partial charge >= 0.3 is 0 Å². The Labute approximate surface area is 121 Å². The number of rotatable bonds is 3. The molecule has 2 rings (SSSR count). The van der Waals surface area contributed by atoms with Crippen molar-refractivity contribution in [1.29, 1.82) is 5.26 Å². The number of nitrogens with zero attached hydrogens (tertiary/aromatic N) is 2.